The Hall–Kier alpha value is -1.26. The van der Waals surface area contributed by atoms with Crippen LogP contribution in [0.3, 0.4) is 0 Å². The Balaban J connectivity index is 1.96. The molecule has 2 rings (SSSR count). The molecule has 1 aliphatic carbocycles. The van der Waals surface area contributed by atoms with E-state index in [9.17, 15) is 9.59 Å². The van der Waals surface area contributed by atoms with Crippen LogP contribution < -0.4 is 5.32 Å². The van der Waals surface area contributed by atoms with E-state index in [1.54, 1.807) is 31.2 Å². The van der Waals surface area contributed by atoms with Crippen molar-refractivity contribution < 1.29 is 14.3 Å². The Morgan fingerprint density at radius 1 is 1.37 bits per heavy atom. The molecule has 1 saturated carbocycles. The summed E-state index contributed by atoms with van der Waals surface area (Å²) in [6, 6.07) is 6.46. The van der Waals surface area contributed by atoms with Crippen molar-refractivity contribution in [3.05, 3.63) is 29.8 Å². The highest BCUT2D eigenvalue weighted by Crippen LogP contribution is 2.53. The minimum atomic E-state index is -0.936. The Morgan fingerprint density at radius 3 is 2.42 bits per heavy atom. The molecular weight excluding hydrogens is 289 g/mol. The molecule has 0 aliphatic heterocycles. The lowest BCUT2D eigenvalue weighted by Crippen LogP contribution is -2.16. The molecular formula is C13H13Cl2NO3. The summed E-state index contributed by atoms with van der Waals surface area (Å²) in [5, 5.41) is 2.70. The number of amides is 1. The number of benzene rings is 1. The molecule has 6 heteroatoms. The number of alkyl halides is 2. The van der Waals surface area contributed by atoms with Crippen LogP contribution in [-0.2, 0) is 9.53 Å². The summed E-state index contributed by atoms with van der Waals surface area (Å²) in [4.78, 5) is 23.2. The van der Waals surface area contributed by atoms with Gasteiger partial charge >= 0.3 is 5.97 Å². The van der Waals surface area contributed by atoms with E-state index in [0.29, 0.717) is 24.3 Å². The molecule has 1 N–H and O–H groups in total. The lowest BCUT2D eigenvalue weighted by Gasteiger charge is -2.06. The first-order chi connectivity index (χ1) is 8.94. The van der Waals surface area contributed by atoms with Gasteiger partial charge < -0.3 is 10.1 Å². The molecule has 4 nitrogen and oxygen atoms in total. The van der Waals surface area contributed by atoms with Crippen molar-refractivity contribution in [3.63, 3.8) is 0 Å². The molecule has 1 amide bonds. The number of hydrogen-bond acceptors (Lipinski definition) is 3. The van der Waals surface area contributed by atoms with Gasteiger partial charge in [0.1, 0.15) is 4.33 Å². The topological polar surface area (TPSA) is 55.4 Å². The molecule has 0 unspecified atom stereocenters. The second-order valence-electron chi connectivity index (χ2n) is 4.30. The zero-order chi connectivity index (χ0) is 14.0. The molecule has 1 fully saturated rings. The standard InChI is InChI=1S/C13H13Cl2NO3/c1-2-19-12(18)8-3-5-9(6-4-8)16-11(17)10-7-13(10,14)15/h3-6,10H,2,7H2,1H3,(H,16,17)/t10-/m0/s1. The lowest BCUT2D eigenvalue weighted by atomic mass is 10.2. The van der Waals surface area contributed by atoms with Crippen LogP contribution in [0.15, 0.2) is 24.3 Å². The summed E-state index contributed by atoms with van der Waals surface area (Å²) in [5.74, 6) is -0.974. The van der Waals surface area contributed by atoms with Crippen LogP contribution in [0.1, 0.15) is 23.7 Å². The molecule has 0 bridgehead atoms. The molecule has 0 heterocycles. The van der Waals surface area contributed by atoms with Crippen LogP contribution in [0.4, 0.5) is 5.69 Å². The van der Waals surface area contributed by atoms with E-state index >= 15 is 0 Å². The van der Waals surface area contributed by atoms with Crippen molar-refractivity contribution in [2.24, 2.45) is 5.92 Å². The number of ether oxygens (including phenoxy) is 1. The predicted octanol–water partition coefficient (Wildman–Crippen LogP) is 3.00. The first-order valence-electron chi connectivity index (χ1n) is 5.90. The molecule has 0 radical (unpaired) electrons. The van der Waals surface area contributed by atoms with Crippen LogP contribution in [0.25, 0.3) is 0 Å². The summed E-state index contributed by atoms with van der Waals surface area (Å²) in [7, 11) is 0. The molecule has 0 spiro atoms. The van der Waals surface area contributed by atoms with Crippen molar-refractivity contribution in [1.82, 2.24) is 0 Å². The second-order valence-corrected chi connectivity index (χ2v) is 5.85. The fraction of sp³-hybridized carbons (Fsp3) is 0.385. The van der Waals surface area contributed by atoms with Crippen LogP contribution in [0.5, 0.6) is 0 Å². The van der Waals surface area contributed by atoms with Gasteiger partial charge in [0, 0.05) is 5.69 Å². The Bertz CT molecular complexity index is 499. The maximum atomic E-state index is 11.7. The maximum absolute atomic E-state index is 11.7. The van der Waals surface area contributed by atoms with Gasteiger partial charge in [-0.3, -0.25) is 4.79 Å². The maximum Gasteiger partial charge on any atom is 0.338 e. The Kier molecular flexibility index (Phi) is 4.02. The van der Waals surface area contributed by atoms with E-state index in [0.717, 1.165) is 0 Å². The highest BCUT2D eigenvalue weighted by molar-refractivity contribution is 6.52. The molecule has 19 heavy (non-hydrogen) atoms. The number of hydrogen-bond donors (Lipinski definition) is 1. The smallest absolute Gasteiger partial charge is 0.338 e. The summed E-state index contributed by atoms with van der Waals surface area (Å²) in [6.45, 7) is 2.07. The number of carbonyl (C=O) groups excluding carboxylic acids is 2. The molecule has 1 aliphatic rings. The third-order valence-electron chi connectivity index (χ3n) is 2.81. The quantitative estimate of drug-likeness (QED) is 0.687. The van der Waals surface area contributed by atoms with Gasteiger partial charge in [0.15, 0.2) is 0 Å². The zero-order valence-corrected chi connectivity index (χ0v) is 11.8. The van der Waals surface area contributed by atoms with E-state index in [1.165, 1.54) is 0 Å². The van der Waals surface area contributed by atoms with Gasteiger partial charge in [0.25, 0.3) is 0 Å². The second kappa shape index (κ2) is 5.39. The van der Waals surface area contributed by atoms with Crippen molar-refractivity contribution >= 4 is 40.8 Å². The van der Waals surface area contributed by atoms with Gasteiger partial charge in [-0.1, -0.05) is 0 Å². The highest BCUT2D eigenvalue weighted by atomic mass is 35.5. The van der Waals surface area contributed by atoms with Gasteiger partial charge in [-0.2, -0.15) is 0 Å². The van der Waals surface area contributed by atoms with Crippen LogP contribution in [-0.4, -0.2) is 22.8 Å². The fourth-order valence-corrected chi connectivity index (χ4v) is 2.14. The molecule has 1 atom stereocenters. The Labute approximate surface area is 121 Å². The number of halogens is 2. The van der Waals surface area contributed by atoms with Gasteiger partial charge in [-0.05, 0) is 37.6 Å². The van der Waals surface area contributed by atoms with Crippen LogP contribution in [0.2, 0.25) is 0 Å². The van der Waals surface area contributed by atoms with Gasteiger partial charge in [0.2, 0.25) is 5.91 Å². The van der Waals surface area contributed by atoms with E-state index in [1.807, 2.05) is 0 Å². The van der Waals surface area contributed by atoms with Gasteiger partial charge in [0.05, 0.1) is 18.1 Å². The number of anilines is 1. The summed E-state index contributed by atoms with van der Waals surface area (Å²) >= 11 is 11.6. The minimum Gasteiger partial charge on any atom is -0.462 e. The predicted molar refractivity (Wildman–Crippen MR) is 73.6 cm³/mol. The van der Waals surface area contributed by atoms with Crippen molar-refractivity contribution in [1.29, 1.82) is 0 Å². The van der Waals surface area contributed by atoms with E-state index in [4.69, 9.17) is 27.9 Å². The van der Waals surface area contributed by atoms with E-state index in [-0.39, 0.29) is 17.8 Å². The molecule has 0 saturated heterocycles. The van der Waals surface area contributed by atoms with Crippen molar-refractivity contribution in [3.8, 4) is 0 Å². The van der Waals surface area contributed by atoms with Crippen LogP contribution >= 0.6 is 23.2 Å². The molecule has 102 valence electrons. The SMILES string of the molecule is CCOC(=O)c1ccc(NC(=O)[C@@H]2CC2(Cl)Cl)cc1. The van der Waals surface area contributed by atoms with Gasteiger partial charge in [-0.25, -0.2) is 4.79 Å². The van der Waals surface area contributed by atoms with E-state index in [2.05, 4.69) is 5.32 Å². The minimum absolute atomic E-state index is 0.214. The van der Waals surface area contributed by atoms with Gasteiger partial charge in [-0.15, -0.1) is 23.2 Å². The average molecular weight is 302 g/mol. The molecule has 1 aromatic rings. The number of nitrogens with one attached hydrogen (secondary N) is 1. The summed E-state index contributed by atoms with van der Waals surface area (Å²) in [6.07, 6.45) is 0.461. The lowest BCUT2D eigenvalue weighted by molar-refractivity contribution is -0.117. The third-order valence-corrected chi connectivity index (χ3v) is 3.64. The third kappa shape index (κ3) is 3.39. The number of carbonyl (C=O) groups is 2. The average Bonchev–Trinajstić information content (AvgIpc) is 3.00. The van der Waals surface area contributed by atoms with E-state index < -0.39 is 4.33 Å². The normalized spacial score (nSPS) is 19.6. The van der Waals surface area contributed by atoms with Crippen LogP contribution in [0, 0.1) is 5.92 Å². The molecule has 0 aromatic heterocycles. The molecule has 1 aromatic carbocycles. The summed E-state index contributed by atoms with van der Waals surface area (Å²) in [5.41, 5.74) is 1.03. The number of rotatable bonds is 4. The highest BCUT2D eigenvalue weighted by Gasteiger charge is 2.56. The van der Waals surface area contributed by atoms with Crippen molar-refractivity contribution in [2.75, 3.05) is 11.9 Å². The largest absolute Gasteiger partial charge is 0.462 e. The zero-order valence-electron chi connectivity index (χ0n) is 10.3. The summed E-state index contributed by atoms with van der Waals surface area (Å²) < 4.78 is 3.93. The van der Waals surface area contributed by atoms with Crippen molar-refractivity contribution in [2.45, 2.75) is 17.7 Å². The Morgan fingerprint density at radius 2 is 1.95 bits per heavy atom. The fourth-order valence-electron chi connectivity index (χ4n) is 1.63. The number of esters is 1. The first-order valence-corrected chi connectivity index (χ1v) is 6.65. The monoisotopic (exact) mass is 301 g/mol. The first kappa shape index (κ1) is 14.2.